The van der Waals surface area contributed by atoms with Gasteiger partial charge in [-0.15, -0.1) is 0 Å². The Labute approximate surface area is 102 Å². The van der Waals surface area contributed by atoms with Crippen molar-refractivity contribution in [2.24, 2.45) is 10.9 Å². The molecular weight excluding hydrogens is 224 g/mol. The third-order valence-electron chi connectivity index (χ3n) is 2.74. The number of nitrogens with one attached hydrogen (secondary N) is 1. The molecule has 0 bridgehead atoms. The maximum absolute atomic E-state index is 5.53. The zero-order valence-electron chi connectivity index (χ0n) is 11.2. The van der Waals surface area contributed by atoms with Crippen LogP contribution < -0.4 is 5.32 Å². The lowest BCUT2D eigenvalue weighted by Gasteiger charge is -2.39. The van der Waals surface area contributed by atoms with E-state index in [0.717, 1.165) is 0 Å². The van der Waals surface area contributed by atoms with E-state index in [4.69, 9.17) is 18.9 Å². The third-order valence-corrected chi connectivity index (χ3v) is 2.74. The first kappa shape index (κ1) is 13.6. The molecule has 1 unspecified atom stereocenters. The first-order valence-electron chi connectivity index (χ1n) is 5.34. The predicted molar refractivity (Wildman–Crippen MR) is 63.2 cm³/mol. The van der Waals surface area contributed by atoms with E-state index in [0.29, 0.717) is 17.7 Å². The van der Waals surface area contributed by atoms with Gasteiger partial charge in [0.1, 0.15) is 0 Å². The Morgan fingerprint density at radius 3 is 2.06 bits per heavy atom. The molecule has 1 N–H and O–H groups in total. The predicted octanol–water partition coefficient (Wildman–Crippen LogP) is 1.05. The number of aliphatic imine (C=N–C) groups is 1. The van der Waals surface area contributed by atoms with Crippen LogP contribution in [0.1, 0.15) is 13.8 Å². The van der Waals surface area contributed by atoms with Crippen LogP contribution in [-0.2, 0) is 18.9 Å². The largest absolute Gasteiger partial charge is 0.481 e. The topological polar surface area (TPSA) is 61.3 Å². The van der Waals surface area contributed by atoms with Crippen LogP contribution in [0.15, 0.2) is 16.8 Å². The maximum Gasteiger partial charge on any atom is 0.278 e. The van der Waals surface area contributed by atoms with Gasteiger partial charge in [-0.1, -0.05) is 13.8 Å². The van der Waals surface area contributed by atoms with Crippen molar-refractivity contribution in [2.75, 3.05) is 28.4 Å². The summed E-state index contributed by atoms with van der Waals surface area (Å²) in [6, 6.07) is 0. The molecule has 0 radical (unpaired) electrons. The molecule has 0 aliphatic carbocycles. The highest BCUT2D eigenvalue weighted by Gasteiger charge is 2.45. The molecule has 98 valence electrons. The monoisotopic (exact) mass is 244 g/mol. The molecule has 1 atom stereocenters. The van der Waals surface area contributed by atoms with E-state index in [1.54, 1.807) is 14.2 Å². The molecule has 0 aromatic carbocycles. The summed E-state index contributed by atoms with van der Waals surface area (Å²) < 4.78 is 21.1. The molecule has 0 spiro atoms. The molecule has 1 heterocycles. The Balaban J connectivity index is 3.23. The van der Waals surface area contributed by atoms with Crippen molar-refractivity contribution in [3.63, 3.8) is 0 Å². The van der Waals surface area contributed by atoms with Crippen molar-refractivity contribution in [3.8, 4) is 0 Å². The van der Waals surface area contributed by atoms with Crippen LogP contribution in [0.25, 0.3) is 0 Å². The number of methoxy groups -OCH3 is 4. The van der Waals surface area contributed by atoms with Gasteiger partial charge in [-0.05, 0) is 0 Å². The number of hydrogen-bond donors (Lipinski definition) is 1. The highest BCUT2D eigenvalue weighted by molar-refractivity contribution is 5.87. The van der Waals surface area contributed by atoms with Crippen LogP contribution >= 0.6 is 0 Å². The van der Waals surface area contributed by atoms with E-state index in [-0.39, 0.29) is 5.92 Å². The van der Waals surface area contributed by atoms with Gasteiger partial charge in [-0.25, -0.2) is 0 Å². The quantitative estimate of drug-likeness (QED) is 0.801. The lowest BCUT2D eigenvalue weighted by atomic mass is 9.98. The maximum atomic E-state index is 5.53. The summed E-state index contributed by atoms with van der Waals surface area (Å²) in [4.78, 5) is 4.26. The molecular formula is C11H20N2O4. The fraction of sp³-hybridized carbons (Fsp3) is 0.727. The minimum Gasteiger partial charge on any atom is -0.481 e. The Kier molecular flexibility index (Phi) is 4.22. The van der Waals surface area contributed by atoms with E-state index in [2.05, 4.69) is 10.3 Å². The summed E-state index contributed by atoms with van der Waals surface area (Å²) in [7, 11) is 6.19. The molecule has 17 heavy (non-hydrogen) atoms. The van der Waals surface area contributed by atoms with Gasteiger partial charge in [0.15, 0.2) is 0 Å². The molecule has 6 heteroatoms. The standard InChI is InChI=1S/C11H20N2O4/c1-7(2)11(17-6)10(16-5)12-8(14-3)9(13-11)15-4/h7,13H,1-6H3. The Bertz CT molecular complexity index is 338. The minimum atomic E-state index is -0.845. The Morgan fingerprint density at radius 2 is 1.71 bits per heavy atom. The van der Waals surface area contributed by atoms with Crippen LogP contribution in [-0.4, -0.2) is 40.1 Å². The van der Waals surface area contributed by atoms with Gasteiger partial charge < -0.3 is 24.3 Å². The SMILES string of the molecule is COC1=NC(OC)=C(OC)NC1(OC)C(C)C. The molecule has 1 rings (SSSR count). The van der Waals surface area contributed by atoms with Crippen molar-refractivity contribution in [3.05, 3.63) is 11.8 Å². The van der Waals surface area contributed by atoms with Crippen molar-refractivity contribution in [1.29, 1.82) is 0 Å². The van der Waals surface area contributed by atoms with E-state index in [9.17, 15) is 0 Å². The summed E-state index contributed by atoms with van der Waals surface area (Å²) >= 11 is 0. The lowest BCUT2D eigenvalue weighted by Crippen LogP contribution is -2.59. The highest BCUT2D eigenvalue weighted by Crippen LogP contribution is 2.28. The van der Waals surface area contributed by atoms with Gasteiger partial charge in [0.25, 0.3) is 11.8 Å². The molecule has 1 aliphatic rings. The Morgan fingerprint density at radius 1 is 1.06 bits per heavy atom. The second-order valence-corrected chi connectivity index (χ2v) is 3.88. The van der Waals surface area contributed by atoms with Crippen molar-refractivity contribution >= 4 is 5.90 Å². The van der Waals surface area contributed by atoms with E-state index < -0.39 is 5.72 Å². The summed E-state index contributed by atoms with van der Waals surface area (Å²) in [6.07, 6.45) is 0. The molecule has 0 aromatic heterocycles. The van der Waals surface area contributed by atoms with E-state index >= 15 is 0 Å². The Hall–Kier alpha value is -1.43. The summed E-state index contributed by atoms with van der Waals surface area (Å²) in [6.45, 7) is 3.99. The molecule has 0 fully saturated rings. The lowest BCUT2D eigenvalue weighted by molar-refractivity contribution is -0.0429. The zero-order chi connectivity index (χ0) is 13.1. The van der Waals surface area contributed by atoms with Crippen LogP contribution in [0.5, 0.6) is 0 Å². The normalized spacial score (nSPS) is 24.3. The number of rotatable bonds is 4. The average Bonchev–Trinajstić information content (AvgIpc) is 2.36. The van der Waals surface area contributed by atoms with Crippen LogP contribution in [0.2, 0.25) is 0 Å². The van der Waals surface area contributed by atoms with Crippen molar-refractivity contribution in [2.45, 2.75) is 19.6 Å². The molecule has 1 aliphatic heterocycles. The van der Waals surface area contributed by atoms with Gasteiger partial charge in [0.2, 0.25) is 11.6 Å². The molecule has 0 saturated carbocycles. The third kappa shape index (κ3) is 2.17. The van der Waals surface area contributed by atoms with Gasteiger partial charge >= 0.3 is 0 Å². The first-order valence-corrected chi connectivity index (χ1v) is 5.34. The van der Waals surface area contributed by atoms with E-state index in [1.165, 1.54) is 14.2 Å². The summed E-state index contributed by atoms with van der Waals surface area (Å²) in [5, 5.41) is 3.12. The summed E-state index contributed by atoms with van der Waals surface area (Å²) in [5.74, 6) is 1.25. The average molecular weight is 244 g/mol. The summed E-state index contributed by atoms with van der Waals surface area (Å²) in [5.41, 5.74) is -0.845. The van der Waals surface area contributed by atoms with Gasteiger partial charge in [-0.3, -0.25) is 0 Å². The van der Waals surface area contributed by atoms with Gasteiger partial charge in [0.05, 0.1) is 21.3 Å². The molecule has 0 saturated heterocycles. The number of ether oxygens (including phenoxy) is 4. The zero-order valence-corrected chi connectivity index (χ0v) is 11.2. The second kappa shape index (κ2) is 5.27. The number of nitrogens with zero attached hydrogens (tertiary/aromatic N) is 1. The van der Waals surface area contributed by atoms with Gasteiger partial charge in [-0.2, -0.15) is 4.99 Å². The van der Waals surface area contributed by atoms with Crippen molar-refractivity contribution < 1.29 is 18.9 Å². The molecule has 6 nitrogen and oxygen atoms in total. The minimum absolute atomic E-state index is 0.0924. The van der Waals surface area contributed by atoms with Crippen LogP contribution in [0.4, 0.5) is 0 Å². The second-order valence-electron chi connectivity index (χ2n) is 3.88. The number of hydrogen-bond acceptors (Lipinski definition) is 6. The molecule has 0 amide bonds. The molecule has 0 aromatic rings. The van der Waals surface area contributed by atoms with Crippen molar-refractivity contribution in [1.82, 2.24) is 5.32 Å². The smallest absolute Gasteiger partial charge is 0.278 e. The fourth-order valence-electron chi connectivity index (χ4n) is 1.74. The van der Waals surface area contributed by atoms with E-state index in [1.807, 2.05) is 13.8 Å². The first-order chi connectivity index (χ1) is 8.05. The highest BCUT2D eigenvalue weighted by atomic mass is 16.6. The fourth-order valence-corrected chi connectivity index (χ4v) is 1.74. The van der Waals surface area contributed by atoms with Gasteiger partial charge in [0, 0.05) is 13.0 Å². The van der Waals surface area contributed by atoms with Crippen LogP contribution in [0, 0.1) is 5.92 Å². The van der Waals surface area contributed by atoms with Crippen LogP contribution in [0.3, 0.4) is 0 Å².